The fourth-order valence-corrected chi connectivity index (χ4v) is 3.42. The molecule has 2 saturated heterocycles. The van der Waals surface area contributed by atoms with Crippen LogP contribution < -0.4 is 0 Å². The van der Waals surface area contributed by atoms with E-state index in [2.05, 4.69) is 19.9 Å². The SMILES string of the molecule is CC(C)c1cccc(C(=O)N2C[C@H]3COC[C@@]3(CO)C2)c1. The van der Waals surface area contributed by atoms with Crippen LogP contribution in [0.25, 0.3) is 0 Å². The van der Waals surface area contributed by atoms with Crippen LogP contribution in [0.3, 0.4) is 0 Å². The van der Waals surface area contributed by atoms with Crippen molar-refractivity contribution in [2.24, 2.45) is 11.3 Å². The van der Waals surface area contributed by atoms with Crippen LogP contribution in [0, 0.1) is 11.3 Å². The van der Waals surface area contributed by atoms with Crippen molar-refractivity contribution >= 4 is 5.91 Å². The molecule has 2 aliphatic rings. The fourth-order valence-electron chi connectivity index (χ4n) is 3.42. The normalized spacial score (nSPS) is 28.2. The lowest BCUT2D eigenvalue weighted by Gasteiger charge is -2.24. The first-order valence-corrected chi connectivity index (χ1v) is 7.63. The maximum Gasteiger partial charge on any atom is 0.253 e. The van der Waals surface area contributed by atoms with Crippen molar-refractivity contribution < 1.29 is 14.6 Å². The summed E-state index contributed by atoms with van der Waals surface area (Å²) in [7, 11) is 0. The standard InChI is InChI=1S/C17H23NO3/c1-12(2)13-4-3-5-14(6-13)16(20)18-7-15-8-21-11-17(15,9-18)10-19/h3-6,12,15,19H,7-11H2,1-2H3/t15-,17-/m0/s1. The number of aliphatic hydroxyl groups is 1. The van der Waals surface area contributed by atoms with Gasteiger partial charge in [-0.2, -0.15) is 0 Å². The molecule has 0 saturated carbocycles. The van der Waals surface area contributed by atoms with E-state index in [0.717, 1.165) is 5.56 Å². The second kappa shape index (κ2) is 5.43. The first-order valence-electron chi connectivity index (χ1n) is 7.63. The Morgan fingerprint density at radius 1 is 1.52 bits per heavy atom. The molecule has 3 rings (SSSR count). The van der Waals surface area contributed by atoms with Crippen LogP contribution in [0.5, 0.6) is 0 Å². The maximum absolute atomic E-state index is 12.7. The van der Waals surface area contributed by atoms with E-state index in [1.54, 1.807) is 0 Å². The zero-order valence-electron chi connectivity index (χ0n) is 12.7. The number of ether oxygens (including phenoxy) is 1. The predicted molar refractivity (Wildman–Crippen MR) is 80.3 cm³/mol. The average Bonchev–Trinajstić information content (AvgIpc) is 3.03. The molecule has 4 heteroatoms. The Morgan fingerprint density at radius 3 is 3.00 bits per heavy atom. The zero-order chi connectivity index (χ0) is 15.0. The molecule has 21 heavy (non-hydrogen) atoms. The Kier molecular flexibility index (Phi) is 3.76. The van der Waals surface area contributed by atoms with Crippen molar-refractivity contribution in [1.29, 1.82) is 0 Å². The van der Waals surface area contributed by atoms with Gasteiger partial charge in [-0.25, -0.2) is 0 Å². The molecular weight excluding hydrogens is 266 g/mol. The number of fused-ring (bicyclic) bond motifs is 1. The van der Waals surface area contributed by atoms with Crippen LogP contribution in [-0.2, 0) is 4.74 Å². The highest BCUT2D eigenvalue weighted by molar-refractivity contribution is 5.94. The Labute approximate surface area is 125 Å². The van der Waals surface area contributed by atoms with Crippen molar-refractivity contribution in [1.82, 2.24) is 4.90 Å². The summed E-state index contributed by atoms with van der Waals surface area (Å²) in [6.45, 7) is 6.84. The van der Waals surface area contributed by atoms with Gasteiger partial charge in [0.1, 0.15) is 0 Å². The lowest BCUT2D eigenvalue weighted by atomic mass is 9.82. The molecule has 0 spiro atoms. The first kappa shape index (κ1) is 14.5. The van der Waals surface area contributed by atoms with E-state index in [9.17, 15) is 9.90 Å². The van der Waals surface area contributed by atoms with Gasteiger partial charge in [-0.05, 0) is 23.6 Å². The van der Waals surface area contributed by atoms with E-state index < -0.39 is 0 Å². The van der Waals surface area contributed by atoms with E-state index in [0.29, 0.717) is 32.2 Å². The Morgan fingerprint density at radius 2 is 2.33 bits per heavy atom. The molecule has 1 aromatic carbocycles. The second-order valence-corrected chi connectivity index (χ2v) is 6.70. The van der Waals surface area contributed by atoms with Crippen molar-refractivity contribution in [3.63, 3.8) is 0 Å². The zero-order valence-corrected chi connectivity index (χ0v) is 12.7. The first-order chi connectivity index (χ1) is 10.1. The topological polar surface area (TPSA) is 49.8 Å². The summed E-state index contributed by atoms with van der Waals surface area (Å²) in [5.41, 5.74) is 1.68. The van der Waals surface area contributed by atoms with E-state index in [4.69, 9.17) is 4.74 Å². The fraction of sp³-hybridized carbons (Fsp3) is 0.588. The molecule has 4 nitrogen and oxygen atoms in total. The Bertz CT molecular complexity index is 543. The van der Waals surface area contributed by atoms with Crippen LogP contribution in [0.15, 0.2) is 24.3 Å². The summed E-state index contributed by atoms with van der Waals surface area (Å²) in [6.07, 6.45) is 0. The molecule has 0 bridgehead atoms. The van der Waals surface area contributed by atoms with E-state index in [-0.39, 0.29) is 23.8 Å². The van der Waals surface area contributed by atoms with E-state index >= 15 is 0 Å². The summed E-state index contributed by atoms with van der Waals surface area (Å²) in [4.78, 5) is 14.6. The van der Waals surface area contributed by atoms with Crippen molar-refractivity contribution in [2.45, 2.75) is 19.8 Å². The number of aliphatic hydroxyl groups excluding tert-OH is 1. The largest absolute Gasteiger partial charge is 0.396 e. The third kappa shape index (κ3) is 2.47. The predicted octanol–water partition coefficient (Wildman–Crippen LogP) is 1.89. The van der Waals surface area contributed by atoms with Crippen LogP contribution in [0.1, 0.15) is 35.7 Å². The molecular formula is C17H23NO3. The lowest BCUT2D eigenvalue weighted by Crippen LogP contribution is -2.36. The van der Waals surface area contributed by atoms with Gasteiger partial charge in [0.25, 0.3) is 5.91 Å². The molecule has 0 aromatic heterocycles. The lowest BCUT2D eigenvalue weighted by molar-refractivity contribution is 0.0631. The van der Waals surface area contributed by atoms with Gasteiger partial charge >= 0.3 is 0 Å². The molecule has 0 aliphatic carbocycles. The van der Waals surface area contributed by atoms with Crippen LogP contribution in [0.4, 0.5) is 0 Å². The Hall–Kier alpha value is -1.39. The average molecular weight is 289 g/mol. The minimum absolute atomic E-state index is 0.0692. The summed E-state index contributed by atoms with van der Waals surface area (Å²) < 4.78 is 5.49. The summed E-state index contributed by atoms with van der Waals surface area (Å²) >= 11 is 0. The van der Waals surface area contributed by atoms with Gasteiger partial charge in [0, 0.05) is 30.0 Å². The van der Waals surface area contributed by atoms with Gasteiger partial charge in [-0.15, -0.1) is 0 Å². The van der Waals surface area contributed by atoms with Crippen molar-refractivity contribution in [3.05, 3.63) is 35.4 Å². The number of hydrogen-bond donors (Lipinski definition) is 1. The molecule has 0 unspecified atom stereocenters. The molecule has 2 fully saturated rings. The minimum Gasteiger partial charge on any atom is -0.396 e. The molecule has 0 radical (unpaired) electrons. The molecule has 2 atom stereocenters. The molecule has 1 aromatic rings. The van der Waals surface area contributed by atoms with Gasteiger partial charge in [0.2, 0.25) is 0 Å². The summed E-state index contributed by atoms with van der Waals surface area (Å²) in [5.74, 6) is 0.743. The summed E-state index contributed by atoms with van der Waals surface area (Å²) in [5, 5.41) is 9.70. The van der Waals surface area contributed by atoms with Crippen LogP contribution in [0.2, 0.25) is 0 Å². The van der Waals surface area contributed by atoms with Gasteiger partial charge in [0.05, 0.1) is 19.8 Å². The van der Waals surface area contributed by atoms with Gasteiger partial charge < -0.3 is 14.7 Å². The third-order valence-corrected chi connectivity index (χ3v) is 4.92. The number of amides is 1. The minimum atomic E-state index is -0.245. The van der Waals surface area contributed by atoms with Crippen molar-refractivity contribution in [3.8, 4) is 0 Å². The van der Waals surface area contributed by atoms with Crippen LogP contribution >= 0.6 is 0 Å². The molecule has 114 valence electrons. The second-order valence-electron chi connectivity index (χ2n) is 6.70. The summed E-state index contributed by atoms with van der Waals surface area (Å²) in [6, 6.07) is 7.88. The molecule has 2 heterocycles. The number of rotatable bonds is 3. The third-order valence-electron chi connectivity index (χ3n) is 4.92. The highest BCUT2D eigenvalue weighted by Crippen LogP contribution is 2.41. The van der Waals surface area contributed by atoms with E-state index in [1.165, 1.54) is 5.56 Å². The van der Waals surface area contributed by atoms with Gasteiger partial charge in [-0.1, -0.05) is 26.0 Å². The van der Waals surface area contributed by atoms with E-state index in [1.807, 2.05) is 23.1 Å². The molecule has 1 N–H and O–H groups in total. The van der Waals surface area contributed by atoms with Gasteiger partial charge in [-0.3, -0.25) is 4.79 Å². The van der Waals surface area contributed by atoms with Crippen molar-refractivity contribution in [2.75, 3.05) is 32.9 Å². The number of benzene rings is 1. The quantitative estimate of drug-likeness (QED) is 0.924. The number of carbonyl (C=O) groups is 1. The monoisotopic (exact) mass is 289 g/mol. The number of hydrogen-bond acceptors (Lipinski definition) is 3. The smallest absolute Gasteiger partial charge is 0.253 e. The Balaban J connectivity index is 1.79. The number of carbonyl (C=O) groups excluding carboxylic acids is 1. The number of likely N-dealkylation sites (tertiary alicyclic amines) is 1. The van der Waals surface area contributed by atoms with Gasteiger partial charge in [0.15, 0.2) is 0 Å². The van der Waals surface area contributed by atoms with Crippen LogP contribution in [-0.4, -0.2) is 48.8 Å². The molecule has 1 amide bonds. The molecule has 2 aliphatic heterocycles. The highest BCUT2D eigenvalue weighted by Gasteiger charge is 2.51. The number of nitrogens with zero attached hydrogens (tertiary/aromatic N) is 1. The highest BCUT2D eigenvalue weighted by atomic mass is 16.5. The maximum atomic E-state index is 12.7.